The molecule has 0 aliphatic carbocycles. The van der Waals surface area contributed by atoms with Gasteiger partial charge < -0.3 is 20.3 Å². The van der Waals surface area contributed by atoms with Crippen LogP contribution in [0.25, 0.3) is 0 Å². The zero-order valence-corrected chi connectivity index (χ0v) is 16.4. The molecule has 2 aromatic carbocycles. The lowest BCUT2D eigenvalue weighted by atomic mass is 10.1. The molecule has 1 atom stereocenters. The number of nitrogens with one attached hydrogen (secondary N) is 1. The third-order valence-electron chi connectivity index (χ3n) is 3.42. The summed E-state index contributed by atoms with van der Waals surface area (Å²) < 4.78 is 6.16. The average Bonchev–Trinajstić information content (AvgIpc) is 2.58. The number of phenolic OH excluding ortho intramolecular Hbond substituents is 1. The number of likely N-dealkylation sites (N-methyl/N-ethyl adjacent to an activating group) is 1. The minimum Gasteiger partial charge on any atom is -0.504 e. The number of carbonyl (C=O) groups is 1. The monoisotopic (exact) mass is 409 g/mol. The van der Waals surface area contributed by atoms with E-state index in [1.807, 2.05) is 45.0 Å². The summed E-state index contributed by atoms with van der Waals surface area (Å²) in [6.45, 7) is 6.31. The first kappa shape index (κ1) is 21.0. The van der Waals surface area contributed by atoms with Gasteiger partial charge in [0.2, 0.25) is 0 Å². The van der Waals surface area contributed by atoms with Gasteiger partial charge in [0.15, 0.2) is 11.5 Å². The number of aryl methyl sites for hydroxylation is 1. The molecule has 0 spiro atoms. The lowest BCUT2D eigenvalue weighted by Crippen LogP contribution is -2.24. The van der Waals surface area contributed by atoms with Crippen LogP contribution in [-0.2, 0) is 11.4 Å². The summed E-state index contributed by atoms with van der Waals surface area (Å²) in [7, 11) is 1.55. The molecule has 6 heteroatoms. The van der Waals surface area contributed by atoms with E-state index in [2.05, 4.69) is 21.2 Å². The topological polar surface area (TPSA) is 78.8 Å². The largest absolute Gasteiger partial charge is 0.504 e. The highest BCUT2D eigenvalue weighted by Gasteiger charge is 2.21. The van der Waals surface area contributed by atoms with Crippen LogP contribution in [0.15, 0.2) is 40.9 Å². The number of ether oxygens (including phenoxy) is 1. The van der Waals surface area contributed by atoms with Crippen molar-refractivity contribution in [3.8, 4) is 11.5 Å². The molecule has 0 amide bonds. The van der Waals surface area contributed by atoms with Crippen LogP contribution in [0.1, 0.15) is 36.6 Å². The highest BCUT2D eigenvalue weighted by Crippen LogP contribution is 2.38. The average molecular weight is 410 g/mol. The van der Waals surface area contributed by atoms with Gasteiger partial charge in [0.25, 0.3) is 0 Å². The Balaban J connectivity index is 0.00000151. The summed E-state index contributed by atoms with van der Waals surface area (Å²) in [5, 5.41) is 22.0. The van der Waals surface area contributed by atoms with Gasteiger partial charge in [-0.05, 0) is 53.2 Å². The van der Waals surface area contributed by atoms with Gasteiger partial charge in [0.1, 0.15) is 12.6 Å². The van der Waals surface area contributed by atoms with E-state index in [0.717, 1.165) is 11.1 Å². The maximum Gasteiger partial charge on any atom is 0.325 e. The van der Waals surface area contributed by atoms with E-state index in [9.17, 15) is 9.90 Å². The maximum absolute atomic E-state index is 11.2. The normalized spacial score (nSPS) is 11.2. The maximum atomic E-state index is 11.2. The molecular weight excluding hydrogens is 386 g/mol. The molecule has 136 valence electrons. The molecule has 2 rings (SSSR count). The van der Waals surface area contributed by atoms with Crippen molar-refractivity contribution in [3.05, 3.63) is 57.6 Å². The van der Waals surface area contributed by atoms with Crippen molar-refractivity contribution in [3.63, 3.8) is 0 Å². The second-order valence-corrected chi connectivity index (χ2v) is 6.04. The number of carboxylic acid groups (broad SMARTS) is 1. The van der Waals surface area contributed by atoms with E-state index in [-0.39, 0.29) is 11.5 Å². The number of aromatic hydroxyl groups is 1. The molecule has 0 heterocycles. The molecule has 0 bridgehead atoms. The van der Waals surface area contributed by atoms with Gasteiger partial charge in [-0.3, -0.25) is 4.79 Å². The number of halogens is 1. The Bertz CT molecular complexity index is 678. The molecule has 0 fully saturated rings. The number of phenols is 1. The van der Waals surface area contributed by atoms with E-state index in [1.54, 1.807) is 13.1 Å². The first-order valence-electron chi connectivity index (χ1n) is 8.03. The molecule has 3 N–H and O–H groups in total. The fourth-order valence-electron chi connectivity index (χ4n) is 2.18. The Morgan fingerprint density at radius 1 is 1.24 bits per heavy atom. The molecule has 0 saturated carbocycles. The number of rotatable bonds is 6. The molecule has 5 nitrogen and oxygen atoms in total. The van der Waals surface area contributed by atoms with Crippen LogP contribution in [0.3, 0.4) is 0 Å². The van der Waals surface area contributed by atoms with Crippen molar-refractivity contribution in [2.24, 2.45) is 0 Å². The van der Waals surface area contributed by atoms with E-state index >= 15 is 0 Å². The number of benzene rings is 2. The van der Waals surface area contributed by atoms with Crippen molar-refractivity contribution < 1.29 is 19.7 Å². The molecule has 25 heavy (non-hydrogen) atoms. The summed E-state index contributed by atoms with van der Waals surface area (Å²) >= 11 is 3.32. The predicted molar refractivity (Wildman–Crippen MR) is 102 cm³/mol. The standard InChI is InChI=1S/C17H18BrNO4.C2H6/c1-10-3-5-11(6-4-10)9-23-16-13(18)7-12(8-14(16)20)15(19-2)17(21)22;1-2/h3-8,15,19-20H,9H2,1-2H3,(H,21,22);1-2H3. The van der Waals surface area contributed by atoms with Crippen molar-refractivity contribution in [2.75, 3.05) is 7.05 Å². The van der Waals surface area contributed by atoms with Gasteiger partial charge >= 0.3 is 5.97 Å². The molecule has 0 aliphatic rings. The SMILES string of the molecule is CC.CNC(C(=O)O)c1cc(O)c(OCc2ccc(C)cc2)c(Br)c1. The molecule has 0 aromatic heterocycles. The van der Waals surface area contributed by atoms with E-state index < -0.39 is 12.0 Å². The van der Waals surface area contributed by atoms with Gasteiger partial charge in [0, 0.05) is 0 Å². The van der Waals surface area contributed by atoms with Crippen molar-refractivity contribution in [2.45, 2.75) is 33.4 Å². The number of carboxylic acids is 1. The predicted octanol–water partition coefficient (Wildman–Crippen LogP) is 4.41. The molecular formula is C19H24BrNO4. The van der Waals surface area contributed by atoms with Gasteiger partial charge in [-0.2, -0.15) is 0 Å². The van der Waals surface area contributed by atoms with E-state index in [0.29, 0.717) is 16.6 Å². The summed E-state index contributed by atoms with van der Waals surface area (Å²) in [4.78, 5) is 11.2. The first-order valence-corrected chi connectivity index (χ1v) is 8.82. The van der Waals surface area contributed by atoms with Crippen LogP contribution in [0.4, 0.5) is 0 Å². The fraction of sp³-hybridized carbons (Fsp3) is 0.316. The van der Waals surface area contributed by atoms with Crippen molar-refractivity contribution >= 4 is 21.9 Å². The zero-order valence-electron chi connectivity index (χ0n) is 14.8. The highest BCUT2D eigenvalue weighted by molar-refractivity contribution is 9.10. The Morgan fingerprint density at radius 3 is 2.32 bits per heavy atom. The third kappa shape index (κ3) is 5.76. The fourth-order valence-corrected chi connectivity index (χ4v) is 2.76. The number of hydrogen-bond donors (Lipinski definition) is 3. The second-order valence-electron chi connectivity index (χ2n) is 5.19. The van der Waals surface area contributed by atoms with Gasteiger partial charge in [-0.1, -0.05) is 43.7 Å². The summed E-state index contributed by atoms with van der Waals surface area (Å²) in [5.74, 6) is -0.843. The Kier molecular flexibility index (Phi) is 8.45. The van der Waals surface area contributed by atoms with Gasteiger partial charge in [0.05, 0.1) is 4.47 Å². The highest BCUT2D eigenvalue weighted by atomic mass is 79.9. The first-order chi connectivity index (χ1) is 11.9. The van der Waals surface area contributed by atoms with Crippen LogP contribution in [-0.4, -0.2) is 23.2 Å². The molecule has 0 radical (unpaired) electrons. The van der Waals surface area contributed by atoms with Crippen LogP contribution in [0.5, 0.6) is 11.5 Å². The number of hydrogen-bond acceptors (Lipinski definition) is 4. The third-order valence-corrected chi connectivity index (χ3v) is 4.01. The minimum absolute atomic E-state index is 0.108. The van der Waals surface area contributed by atoms with Crippen LogP contribution >= 0.6 is 15.9 Å². The Labute approximate surface area is 156 Å². The minimum atomic E-state index is -1.02. The molecule has 0 aliphatic heterocycles. The Hall–Kier alpha value is -2.05. The number of aliphatic carboxylic acids is 1. The smallest absolute Gasteiger partial charge is 0.325 e. The van der Waals surface area contributed by atoms with Gasteiger partial charge in [-0.15, -0.1) is 0 Å². The van der Waals surface area contributed by atoms with Crippen LogP contribution in [0, 0.1) is 6.92 Å². The van der Waals surface area contributed by atoms with Crippen LogP contribution < -0.4 is 10.1 Å². The van der Waals surface area contributed by atoms with E-state index in [1.165, 1.54) is 6.07 Å². The second kappa shape index (κ2) is 10.1. The summed E-state index contributed by atoms with van der Waals surface area (Å²) in [6, 6.07) is 10.0. The lowest BCUT2D eigenvalue weighted by molar-refractivity contribution is -0.139. The lowest BCUT2D eigenvalue weighted by Gasteiger charge is -2.16. The van der Waals surface area contributed by atoms with Crippen molar-refractivity contribution in [1.82, 2.24) is 5.32 Å². The molecule has 1 unspecified atom stereocenters. The van der Waals surface area contributed by atoms with Crippen LogP contribution in [0.2, 0.25) is 0 Å². The molecule has 0 saturated heterocycles. The summed E-state index contributed by atoms with van der Waals surface area (Å²) in [6.07, 6.45) is 0. The molecule has 2 aromatic rings. The quantitative estimate of drug-likeness (QED) is 0.658. The van der Waals surface area contributed by atoms with E-state index in [4.69, 9.17) is 9.84 Å². The Morgan fingerprint density at radius 2 is 1.84 bits per heavy atom. The van der Waals surface area contributed by atoms with Crippen molar-refractivity contribution in [1.29, 1.82) is 0 Å². The zero-order chi connectivity index (χ0) is 19.0. The summed E-state index contributed by atoms with van der Waals surface area (Å²) in [5.41, 5.74) is 2.57. The van der Waals surface area contributed by atoms with Gasteiger partial charge in [-0.25, -0.2) is 0 Å².